The molecule has 0 aromatic heterocycles. The fraction of sp³-hybridized carbons (Fsp3) is 0.200. The maximum Gasteiger partial charge on any atom is 0.169 e. The molecule has 100 valence electrons. The first-order valence-corrected chi connectivity index (χ1v) is 6.94. The van der Waals surface area contributed by atoms with Crippen LogP contribution >= 0.6 is 15.9 Å². The van der Waals surface area contributed by atoms with Gasteiger partial charge in [-0.1, -0.05) is 35.0 Å². The van der Waals surface area contributed by atoms with Crippen molar-refractivity contribution in [1.82, 2.24) is 0 Å². The van der Waals surface area contributed by atoms with Crippen LogP contribution in [0.15, 0.2) is 46.9 Å². The van der Waals surface area contributed by atoms with Crippen molar-refractivity contribution >= 4 is 21.6 Å². The molecule has 0 fully saturated rings. The highest BCUT2D eigenvalue weighted by Crippen LogP contribution is 2.35. The van der Waals surface area contributed by atoms with E-state index in [1.807, 2.05) is 42.5 Å². The van der Waals surface area contributed by atoms with Crippen LogP contribution in [0, 0.1) is 0 Å². The number of ether oxygens (including phenoxy) is 2. The van der Waals surface area contributed by atoms with Crippen molar-refractivity contribution in [1.29, 1.82) is 0 Å². The first-order chi connectivity index (χ1) is 9.20. The van der Waals surface area contributed by atoms with E-state index in [9.17, 15) is 0 Å². The molecule has 0 atom stereocenters. The summed E-state index contributed by atoms with van der Waals surface area (Å²) in [5, 5.41) is 0. The molecule has 0 aliphatic carbocycles. The first-order valence-electron chi connectivity index (χ1n) is 6.15. The lowest BCUT2D eigenvalue weighted by atomic mass is 10.3. The van der Waals surface area contributed by atoms with E-state index < -0.39 is 0 Å². The average Bonchev–Trinajstić information content (AvgIpc) is 2.41. The molecule has 2 N–H and O–H groups in total. The van der Waals surface area contributed by atoms with Crippen LogP contribution in [0.4, 0.5) is 5.69 Å². The van der Waals surface area contributed by atoms with E-state index in [1.54, 1.807) is 0 Å². The maximum absolute atomic E-state index is 5.92. The van der Waals surface area contributed by atoms with Crippen molar-refractivity contribution in [2.24, 2.45) is 0 Å². The number of hydrogen-bond donors (Lipinski definition) is 1. The van der Waals surface area contributed by atoms with Gasteiger partial charge in [0.05, 0.1) is 12.3 Å². The molecule has 0 heterocycles. The molecule has 0 saturated heterocycles. The highest BCUT2D eigenvalue weighted by molar-refractivity contribution is 9.10. The Morgan fingerprint density at radius 1 is 1.05 bits per heavy atom. The van der Waals surface area contributed by atoms with Crippen molar-refractivity contribution in [3.8, 4) is 17.2 Å². The van der Waals surface area contributed by atoms with Crippen LogP contribution in [-0.4, -0.2) is 6.61 Å². The van der Waals surface area contributed by atoms with Crippen LogP contribution in [0.1, 0.15) is 13.3 Å². The average molecular weight is 322 g/mol. The third-order valence-corrected chi connectivity index (χ3v) is 3.00. The normalized spacial score (nSPS) is 10.2. The molecule has 0 unspecified atom stereocenters. The summed E-state index contributed by atoms with van der Waals surface area (Å²) in [6.07, 6.45) is 0.953. The summed E-state index contributed by atoms with van der Waals surface area (Å²) in [5.74, 6) is 2.02. The summed E-state index contributed by atoms with van der Waals surface area (Å²) in [6.45, 7) is 2.73. The van der Waals surface area contributed by atoms with Gasteiger partial charge in [0.2, 0.25) is 0 Å². The minimum absolute atomic E-state index is 0.583. The number of benzene rings is 2. The van der Waals surface area contributed by atoms with E-state index in [0.717, 1.165) is 16.6 Å². The molecule has 2 aromatic carbocycles. The Bertz CT molecular complexity index is 558. The van der Waals surface area contributed by atoms with Crippen LogP contribution in [0.5, 0.6) is 17.2 Å². The van der Waals surface area contributed by atoms with Crippen molar-refractivity contribution in [2.75, 3.05) is 12.3 Å². The van der Waals surface area contributed by atoms with Gasteiger partial charge in [-0.3, -0.25) is 0 Å². The molecule has 19 heavy (non-hydrogen) atoms. The number of anilines is 1. The summed E-state index contributed by atoms with van der Waals surface area (Å²) in [5.41, 5.74) is 6.51. The number of nitrogens with two attached hydrogens (primary N) is 1. The minimum Gasteiger partial charge on any atom is -0.490 e. The van der Waals surface area contributed by atoms with E-state index in [0.29, 0.717) is 23.8 Å². The van der Waals surface area contributed by atoms with Crippen molar-refractivity contribution in [3.05, 3.63) is 46.9 Å². The Kier molecular flexibility index (Phi) is 4.68. The molecule has 0 aliphatic rings. The second-order valence-electron chi connectivity index (χ2n) is 4.08. The van der Waals surface area contributed by atoms with Crippen LogP contribution in [0.2, 0.25) is 0 Å². The lowest BCUT2D eigenvalue weighted by Gasteiger charge is -2.13. The highest BCUT2D eigenvalue weighted by atomic mass is 79.9. The van der Waals surface area contributed by atoms with Gasteiger partial charge in [-0.05, 0) is 36.8 Å². The lowest BCUT2D eigenvalue weighted by Crippen LogP contribution is -1.98. The van der Waals surface area contributed by atoms with Gasteiger partial charge in [0.15, 0.2) is 17.2 Å². The van der Waals surface area contributed by atoms with Crippen molar-refractivity contribution in [3.63, 3.8) is 0 Å². The SMILES string of the molecule is CCCOc1ccccc1Oc1ccc(Br)cc1N. The molecule has 0 bridgehead atoms. The summed E-state index contributed by atoms with van der Waals surface area (Å²) in [4.78, 5) is 0. The molecule has 2 aromatic rings. The summed E-state index contributed by atoms with van der Waals surface area (Å²) < 4.78 is 12.4. The zero-order valence-corrected chi connectivity index (χ0v) is 12.3. The fourth-order valence-corrected chi connectivity index (χ4v) is 1.98. The largest absolute Gasteiger partial charge is 0.490 e. The molecular formula is C15H16BrNO2. The quantitative estimate of drug-likeness (QED) is 0.818. The van der Waals surface area contributed by atoms with Crippen LogP contribution < -0.4 is 15.2 Å². The highest BCUT2D eigenvalue weighted by Gasteiger charge is 2.07. The van der Waals surface area contributed by atoms with Crippen LogP contribution in [-0.2, 0) is 0 Å². The smallest absolute Gasteiger partial charge is 0.169 e. The molecule has 4 heteroatoms. The molecule has 3 nitrogen and oxygen atoms in total. The van der Waals surface area contributed by atoms with Gasteiger partial charge < -0.3 is 15.2 Å². The number of halogens is 1. The van der Waals surface area contributed by atoms with Gasteiger partial charge in [0.1, 0.15) is 0 Å². The monoisotopic (exact) mass is 321 g/mol. The molecular weight excluding hydrogens is 306 g/mol. The van der Waals surface area contributed by atoms with E-state index in [4.69, 9.17) is 15.2 Å². The Morgan fingerprint density at radius 3 is 2.47 bits per heavy atom. The zero-order chi connectivity index (χ0) is 13.7. The van der Waals surface area contributed by atoms with Gasteiger partial charge in [0, 0.05) is 4.47 Å². The fourth-order valence-electron chi connectivity index (χ4n) is 1.60. The van der Waals surface area contributed by atoms with Crippen LogP contribution in [0.25, 0.3) is 0 Å². The maximum atomic E-state index is 5.92. The summed E-state index contributed by atoms with van der Waals surface area (Å²) in [7, 11) is 0. The van der Waals surface area contributed by atoms with Gasteiger partial charge in [-0.25, -0.2) is 0 Å². The number of hydrogen-bond acceptors (Lipinski definition) is 3. The third-order valence-electron chi connectivity index (χ3n) is 2.50. The van der Waals surface area contributed by atoms with Crippen molar-refractivity contribution in [2.45, 2.75) is 13.3 Å². The van der Waals surface area contributed by atoms with Crippen molar-refractivity contribution < 1.29 is 9.47 Å². The molecule has 0 radical (unpaired) electrons. The molecule has 0 amide bonds. The number of nitrogen functional groups attached to an aromatic ring is 1. The number of rotatable bonds is 5. The molecule has 0 spiro atoms. The molecule has 2 rings (SSSR count). The standard InChI is InChI=1S/C15H16BrNO2/c1-2-9-18-14-5-3-4-6-15(14)19-13-8-7-11(16)10-12(13)17/h3-8,10H,2,9,17H2,1H3. The Labute approximate surface area is 121 Å². The lowest BCUT2D eigenvalue weighted by molar-refractivity contribution is 0.302. The van der Waals surface area contributed by atoms with Gasteiger partial charge in [-0.15, -0.1) is 0 Å². The number of para-hydroxylation sites is 2. The minimum atomic E-state index is 0.583. The summed E-state index contributed by atoms with van der Waals surface area (Å²) >= 11 is 3.37. The van der Waals surface area contributed by atoms with E-state index in [-0.39, 0.29) is 0 Å². The predicted octanol–water partition coefficient (Wildman–Crippen LogP) is 4.61. The molecule has 0 saturated carbocycles. The second kappa shape index (κ2) is 6.48. The third kappa shape index (κ3) is 3.64. The van der Waals surface area contributed by atoms with E-state index in [1.165, 1.54) is 0 Å². The van der Waals surface area contributed by atoms with Gasteiger partial charge in [0.25, 0.3) is 0 Å². The topological polar surface area (TPSA) is 44.5 Å². The van der Waals surface area contributed by atoms with Gasteiger partial charge >= 0.3 is 0 Å². The Hall–Kier alpha value is -1.68. The van der Waals surface area contributed by atoms with Crippen LogP contribution in [0.3, 0.4) is 0 Å². The first kappa shape index (κ1) is 13.7. The van der Waals surface area contributed by atoms with Gasteiger partial charge in [-0.2, -0.15) is 0 Å². The second-order valence-corrected chi connectivity index (χ2v) is 5.00. The summed E-state index contributed by atoms with van der Waals surface area (Å²) in [6, 6.07) is 13.1. The Morgan fingerprint density at radius 2 is 1.79 bits per heavy atom. The predicted molar refractivity (Wildman–Crippen MR) is 80.9 cm³/mol. The molecule has 0 aliphatic heterocycles. The van der Waals surface area contributed by atoms with E-state index in [2.05, 4.69) is 22.9 Å². The zero-order valence-electron chi connectivity index (χ0n) is 10.7. The Balaban J connectivity index is 2.22. The van der Waals surface area contributed by atoms with E-state index >= 15 is 0 Å².